The van der Waals surface area contributed by atoms with Crippen molar-refractivity contribution in [2.45, 2.75) is 95.6 Å². The minimum absolute atomic E-state index is 0.0472. The van der Waals surface area contributed by atoms with E-state index >= 15 is 0 Å². The number of esters is 1. The average Bonchev–Trinajstić information content (AvgIpc) is 3.26. The first-order valence-corrected chi connectivity index (χ1v) is 13.4. The summed E-state index contributed by atoms with van der Waals surface area (Å²) >= 11 is 0. The quantitative estimate of drug-likeness (QED) is 0.317. The molecule has 0 aromatic heterocycles. The van der Waals surface area contributed by atoms with Gasteiger partial charge in [-0.3, -0.25) is 14.4 Å². The van der Waals surface area contributed by atoms with E-state index < -0.39 is 66.5 Å². The van der Waals surface area contributed by atoms with Gasteiger partial charge in [0, 0.05) is 12.3 Å². The van der Waals surface area contributed by atoms with Crippen molar-refractivity contribution in [2.75, 3.05) is 6.61 Å². The second kappa shape index (κ2) is 9.50. The first kappa shape index (κ1) is 26.9. The van der Waals surface area contributed by atoms with Gasteiger partial charge in [-0.2, -0.15) is 0 Å². The van der Waals surface area contributed by atoms with Gasteiger partial charge in [-0.05, 0) is 74.7 Å². The Labute approximate surface area is 215 Å². The van der Waals surface area contributed by atoms with Crippen molar-refractivity contribution in [3.63, 3.8) is 0 Å². The lowest BCUT2D eigenvalue weighted by Crippen LogP contribution is -2.62. The van der Waals surface area contributed by atoms with Gasteiger partial charge in [-0.1, -0.05) is 12.5 Å². The lowest BCUT2D eigenvalue weighted by molar-refractivity contribution is -0.291. The second-order valence-electron chi connectivity index (χ2n) is 12.0. The Hall–Kier alpha value is -1.69. The largest absolute Gasteiger partial charge is 0.432 e. The number of fused-ring (bicyclic) bond motifs is 5. The zero-order valence-corrected chi connectivity index (χ0v) is 21.3. The molecule has 1 unspecified atom stereocenters. The summed E-state index contributed by atoms with van der Waals surface area (Å²) in [5, 5.41) is 52.0. The summed E-state index contributed by atoms with van der Waals surface area (Å²) in [6, 6.07) is 0. The molecule has 1 aliphatic heterocycles. The van der Waals surface area contributed by atoms with Gasteiger partial charge in [0.1, 0.15) is 24.9 Å². The molecule has 0 spiro atoms. The summed E-state index contributed by atoms with van der Waals surface area (Å²) in [6.45, 7) is 2.82. The van der Waals surface area contributed by atoms with Crippen LogP contribution in [0.25, 0.3) is 0 Å². The van der Waals surface area contributed by atoms with Crippen LogP contribution in [0.3, 0.4) is 0 Å². The maximum Gasteiger partial charge on any atom is 0.315 e. The molecule has 4 aliphatic carbocycles. The number of aliphatic hydroxyl groups is 5. The van der Waals surface area contributed by atoms with Gasteiger partial charge in [-0.25, -0.2) is 0 Å². The van der Waals surface area contributed by atoms with Gasteiger partial charge >= 0.3 is 5.97 Å². The van der Waals surface area contributed by atoms with Gasteiger partial charge in [0.25, 0.3) is 0 Å². The number of Topliss-reactive ketones (excluding diaryl/α,β-unsaturated/α-hetero) is 1. The van der Waals surface area contributed by atoms with Crippen molar-refractivity contribution >= 4 is 17.5 Å². The second-order valence-corrected chi connectivity index (χ2v) is 12.0. The Morgan fingerprint density at radius 2 is 1.81 bits per heavy atom. The third-order valence-electron chi connectivity index (χ3n) is 10.4. The highest BCUT2D eigenvalue weighted by molar-refractivity contribution is 5.92. The maximum absolute atomic E-state index is 14.0. The van der Waals surface area contributed by atoms with Crippen molar-refractivity contribution in [3.8, 4) is 0 Å². The highest BCUT2D eigenvalue weighted by Crippen LogP contribution is 2.67. The first-order chi connectivity index (χ1) is 17.5. The number of ketones is 2. The van der Waals surface area contributed by atoms with Crippen molar-refractivity contribution in [1.29, 1.82) is 0 Å². The minimum atomic E-state index is -1.69. The highest BCUT2D eigenvalue weighted by Gasteiger charge is 2.68. The molecule has 1 saturated heterocycles. The molecule has 5 aliphatic rings. The average molecular weight is 523 g/mol. The Balaban J connectivity index is 1.50. The fourth-order valence-corrected chi connectivity index (χ4v) is 8.59. The van der Waals surface area contributed by atoms with E-state index in [4.69, 9.17) is 9.47 Å². The van der Waals surface area contributed by atoms with E-state index in [1.54, 1.807) is 6.08 Å². The van der Waals surface area contributed by atoms with Crippen LogP contribution in [0, 0.1) is 34.5 Å². The highest BCUT2D eigenvalue weighted by atomic mass is 16.7. The predicted molar refractivity (Wildman–Crippen MR) is 126 cm³/mol. The molecule has 10 nitrogen and oxygen atoms in total. The number of carbonyl (C=O) groups is 3. The number of ether oxygens (including phenoxy) is 2. The van der Waals surface area contributed by atoms with E-state index in [1.807, 2.05) is 0 Å². The van der Waals surface area contributed by atoms with Crippen LogP contribution in [-0.2, 0) is 23.9 Å². The van der Waals surface area contributed by atoms with E-state index in [0.29, 0.717) is 38.5 Å². The molecule has 3 saturated carbocycles. The monoisotopic (exact) mass is 522 g/mol. The molecule has 37 heavy (non-hydrogen) atoms. The summed E-state index contributed by atoms with van der Waals surface area (Å²) in [5.41, 5.74) is -0.764. The lowest BCUT2D eigenvalue weighted by atomic mass is 9.45. The smallest absolute Gasteiger partial charge is 0.315 e. The Kier molecular flexibility index (Phi) is 6.90. The summed E-state index contributed by atoms with van der Waals surface area (Å²) < 4.78 is 11.2. The molecular weight excluding hydrogens is 484 g/mol. The standard InChI is InChI=1S/C27H38O10/c1-12-21(32)22(33)23(34)24(36-12)37-25(35)27-10-18(30)20-15(16(27)5-6-17(27)19(31)11-28)4-3-13-9-14(29)7-8-26(13,20)2/h9,12,15-18,20-24,28,30,32-34H,3-8,10-11H2,1-2H3/t12-,15+,16+,17-,18+,20-,21-,22+,23-,24?,26+,27-/m1/s1. The van der Waals surface area contributed by atoms with Crippen LogP contribution in [0.5, 0.6) is 0 Å². The summed E-state index contributed by atoms with van der Waals surface area (Å²) in [6.07, 6.45) is -3.15. The van der Waals surface area contributed by atoms with Crippen LogP contribution in [0.15, 0.2) is 11.6 Å². The molecule has 5 N–H and O–H groups in total. The van der Waals surface area contributed by atoms with Gasteiger partial charge in [0.15, 0.2) is 11.6 Å². The topological polar surface area (TPSA) is 171 Å². The molecule has 206 valence electrons. The fraction of sp³-hybridized carbons (Fsp3) is 0.815. The maximum atomic E-state index is 14.0. The molecule has 12 atom stereocenters. The van der Waals surface area contributed by atoms with Gasteiger partial charge in [0.2, 0.25) is 6.29 Å². The fourth-order valence-electron chi connectivity index (χ4n) is 8.59. The van der Waals surface area contributed by atoms with Crippen LogP contribution in [0.2, 0.25) is 0 Å². The van der Waals surface area contributed by atoms with E-state index in [9.17, 15) is 39.9 Å². The summed E-state index contributed by atoms with van der Waals surface area (Å²) in [4.78, 5) is 39.1. The van der Waals surface area contributed by atoms with Crippen molar-refractivity contribution in [2.24, 2.45) is 34.5 Å². The number of carbonyl (C=O) groups excluding carboxylic acids is 3. The van der Waals surface area contributed by atoms with E-state index in [2.05, 4.69) is 6.92 Å². The predicted octanol–water partition coefficient (Wildman–Crippen LogP) is 0.0175. The third-order valence-corrected chi connectivity index (χ3v) is 10.4. The number of aliphatic hydroxyl groups excluding tert-OH is 5. The molecule has 0 bridgehead atoms. The number of hydrogen-bond donors (Lipinski definition) is 5. The van der Waals surface area contributed by atoms with Crippen molar-refractivity contribution < 1.29 is 49.4 Å². The zero-order chi connectivity index (χ0) is 26.9. The van der Waals surface area contributed by atoms with Gasteiger partial charge in [-0.15, -0.1) is 0 Å². The van der Waals surface area contributed by atoms with Crippen LogP contribution < -0.4 is 0 Å². The van der Waals surface area contributed by atoms with Crippen LogP contribution in [0.1, 0.15) is 58.8 Å². The van der Waals surface area contributed by atoms with Crippen LogP contribution in [-0.4, -0.2) is 86.5 Å². The molecule has 0 amide bonds. The first-order valence-electron chi connectivity index (χ1n) is 13.4. The SMILES string of the molecule is C[C@H]1OC(OC(=O)[C@]23C[C@H](O)[C@H]4[C@@H](CCC5=CC(=O)CC[C@@]54C)[C@@H]2CC[C@@H]3C(=O)CO)[C@H](O)[C@@H](O)[C@@H]1O. The van der Waals surface area contributed by atoms with Crippen LogP contribution >= 0.6 is 0 Å². The Bertz CT molecular complexity index is 994. The molecular formula is C27H38O10. The Morgan fingerprint density at radius 1 is 1.08 bits per heavy atom. The van der Waals surface area contributed by atoms with Gasteiger partial charge < -0.3 is 35.0 Å². The number of allylic oxidation sites excluding steroid dienone is 1. The molecule has 4 fully saturated rings. The Morgan fingerprint density at radius 3 is 2.51 bits per heavy atom. The molecule has 10 heteroatoms. The number of hydrogen-bond acceptors (Lipinski definition) is 10. The molecule has 1 heterocycles. The van der Waals surface area contributed by atoms with E-state index in [-0.39, 0.29) is 35.4 Å². The van der Waals surface area contributed by atoms with Gasteiger partial charge in [0.05, 0.1) is 17.6 Å². The van der Waals surface area contributed by atoms with Crippen molar-refractivity contribution in [3.05, 3.63) is 11.6 Å². The third kappa shape index (κ3) is 3.94. The van der Waals surface area contributed by atoms with Crippen LogP contribution in [0.4, 0.5) is 0 Å². The molecule has 0 aromatic rings. The number of rotatable bonds is 4. The van der Waals surface area contributed by atoms with Crippen molar-refractivity contribution in [1.82, 2.24) is 0 Å². The lowest BCUT2D eigenvalue weighted by Gasteiger charge is -2.59. The molecule has 0 radical (unpaired) electrons. The molecule has 5 rings (SSSR count). The molecule has 0 aromatic carbocycles. The van der Waals surface area contributed by atoms with E-state index in [1.165, 1.54) is 6.92 Å². The minimum Gasteiger partial charge on any atom is -0.432 e. The summed E-state index contributed by atoms with van der Waals surface area (Å²) in [7, 11) is 0. The van der Waals surface area contributed by atoms with E-state index in [0.717, 1.165) is 5.57 Å². The normalized spacial score (nSPS) is 49.4. The summed E-state index contributed by atoms with van der Waals surface area (Å²) in [5.74, 6) is -2.67. The zero-order valence-electron chi connectivity index (χ0n) is 21.3.